The lowest BCUT2D eigenvalue weighted by Crippen LogP contribution is -2.06. The lowest BCUT2D eigenvalue weighted by molar-refractivity contribution is -0.119. The van der Waals surface area contributed by atoms with Gasteiger partial charge in [0.15, 0.2) is 11.5 Å². The molecule has 0 atom stereocenters. The van der Waals surface area contributed by atoms with Gasteiger partial charge in [-0.15, -0.1) is 0 Å². The second kappa shape index (κ2) is 4.94. The highest BCUT2D eigenvalue weighted by Gasteiger charge is 2.30. The topological polar surface area (TPSA) is 67.5 Å². The minimum atomic E-state index is 0.207. The average Bonchev–Trinajstić information content (AvgIpc) is 3.27. The third-order valence-electron chi connectivity index (χ3n) is 3.91. The Hall–Kier alpha value is -2.69. The van der Waals surface area contributed by atoms with E-state index < -0.39 is 0 Å². The Morgan fingerprint density at radius 1 is 1.23 bits per heavy atom. The van der Waals surface area contributed by atoms with Crippen LogP contribution in [0.2, 0.25) is 0 Å². The van der Waals surface area contributed by atoms with Crippen LogP contribution in [-0.4, -0.2) is 25.5 Å². The normalized spacial score (nSPS) is 14.4. The molecule has 2 heterocycles. The SMILES string of the molecule is O=C(Cc1nc2cccc(-c3cccc(O)c3)n2n1)C1CC1. The molecule has 1 saturated carbocycles. The Kier molecular flexibility index (Phi) is 2.92. The van der Waals surface area contributed by atoms with E-state index >= 15 is 0 Å². The van der Waals surface area contributed by atoms with E-state index in [0.717, 1.165) is 24.1 Å². The monoisotopic (exact) mass is 293 g/mol. The summed E-state index contributed by atoms with van der Waals surface area (Å²) in [5.74, 6) is 1.22. The molecule has 2 aromatic heterocycles. The molecule has 0 aliphatic heterocycles. The number of pyridine rings is 1. The lowest BCUT2D eigenvalue weighted by atomic mass is 10.1. The predicted octanol–water partition coefficient (Wildman–Crippen LogP) is 2.62. The molecular weight excluding hydrogens is 278 g/mol. The van der Waals surface area contributed by atoms with Gasteiger partial charge in [-0.2, -0.15) is 5.10 Å². The van der Waals surface area contributed by atoms with Crippen molar-refractivity contribution >= 4 is 11.4 Å². The van der Waals surface area contributed by atoms with E-state index in [1.165, 1.54) is 0 Å². The van der Waals surface area contributed by atoms with E-state index in [0.29, 0.717) is 17.9 Å². The summed E-state index contributed by atoms with van der Waals surface area (Å²) in [5, 5.41) is 14.1. The fourth-order valence-corrected chi connectivity index (χ4v) is 2.61. The van der Waals surface area contributed by atoms with E-state index in [1.54, 1.807) is 22.7 Å². The fraction of sp³-hybridized carbons (Fsp3) is 0.235. The third kappa shape index (κ3) is 2.35. The van der Waals surface area contributed by atoms with Gasteiger partial charge in [-0.1, -0.05) is 18.2 Å². The number of hydrogen-bond donors (Lipinski definition) is 1. The number of aromatic hydroxyl groups is 1. The summed E-state index contributed by atoms with van der Waals surface area (Å²) in [5.41, 5.74) is 2.40. The summed E-state index contributed by atoms with van der Waals surface area (Å²) in [6.07, 6.45) is 2.30. The van der Waals surface area contributed by atoms with Gasteiger partial charge in [-0.25, -0.2) is 9.50 Å². The molecule has 1 N–H and O–H groups in total. The van der Waals surface area contributed by atoms with Crippen molar-refractivity contribution in [2.45, 2.75) is 19.3 Å². The number of benzene rings is 1. The molecular formula is C17H15N3O2. The molecule has 0 unspecified atom stereocenters. The van der Waals surface area contributed by atoms with E-state index in [4.69, 9.17) is 0 Å². The van der Waals surface area contributed by atoms with Crippen LogP contribution in [-0.2, 0) is 11.2 Å². The van der Waals surface area contributed by atoms with Crippen molar-refractivity contribution in [1.29, 1.82) is 0 Å². The molecule has 22 heavy (non-hydrogen) atoms. The van der Waals surface area contributed by atoms with Crippen LogP contribution in [0.3, 0.4) is 0 Å². The van der Waals surface area contributed by atoms with Crippen LogP contribution in [0.15, 0.2) is 42.5 Å². The van der Waals surface area contributed by atoms with Crippen molar-refractivity contribution < 1.29 is 9.90 Å². The highest BCUT2D eigenvalue weighted by molar-refractivity contribution is 5.84. The van der Waals surface area contributed by atoms with Crippen molar-refractivity contribution in [3.8, 4) is 17.0 Å². The molecule has 3 aromatic rings. The summed E-state index contributed by atoms with van der Waals surface area (Å²) in [7, 11) is 0. The smallest absolute Gasteiger partial charge is 0.159 e. The zero-order valence-corrected chi connectivity index (χ0v) is 11.9. The summed E-state index contributed by atoms with van der Waals surface area (Å²) in [6.45, 7) is 0. The van der Waals surface area contributed by atoms with Crippen LogP contribution < -0.4 is 0 Å². The standard InChI is InChI=1S/C17H15N3O2/c21-13-4-1-3-12(9-13)14-5-2-6-17-18-16(19-20(14)17)10-15(22)11-7-8-11/h1-6,9,11,21H,7-8,10H2. The lowest BCUT2D eigenvalue weighted by Gasteiger charge is -2.04. The number of phenols is 1. The number of phenolic OH excluding ortho intramolecular Hbond substituents is 1. The number of nitrogens with zero attached hydrogens (tertiary/aromatic N) is 3. The Balaban J connectivity index is 1.76. The van der Waals surface area contributed by atoms with Gasteiger partial charge in [-0.3, -0.25) is 4.79 Å². The zero-order chi connectivity index (χ0) is 15.1. The van der Waals surface area contributed by atoms with Gasteiger partial charge in [-0.05, 0) is 37.1 Å². The summed E-state index contributed by atoms with van der Waals surface area (Å²) in [4.78, 5) is 16.4. The Labute approximate surface area is 127 Å². The zero-order valence-electron chi connectivity index (χ0n) is 11.9. The van der Waals surface area contributed by atoms with Gasteiger partial charge in [0.05, 0.1) is 12.1 Å². The molecule has 5 heteroatoms. The number of carbonyl (C=O) groups excluding carboxylic acids is 1. The summed E-state index contributed by atoms with van der Waals surface area (Å²) < 4.78 is 1.73. The van der Waals surface area contributed by atoms with Crippen LogP contribution in [0, 0.1) is 5.92 Å². The first-order chi connectivity index (χ1) is 10.7. The summed E-state index contributed by atoms with van der Waals surface area (Å²) in [6, 6.07) is 12.7. The van der Waals surface area contributed by atoms with Crippen molar-refractivity contribution in [1.82, 2.24) is 14.6 Å². The van der Waals surface area contributed by atoms with Gasteiger partial charge >= 0.3 is 0 Å². The van der Waals surface area contributed by atoms with Gasteiger partial charge in [0.1, 0.15) is 11.5 Å². The highest BCUT2D eigenvalue weighted by Crippen LogP contribution is 2.31. The van der Waals surface area contributed by atoms with Crippen molar-refractivity contribution in [3.63, 3.8) is 0 Å². The maximum absolute atomic E-state index is 11.9. The molecule has 0 amide bonds. The first-order valence-electron chi connectivity index (χ1n) is 7.37. The van der Waals surface area contributed by atoms with Gasteiger partial charge in [0.25, 0.3) is 0 Å². The van der Waals surface area contributed by atoms with E-state index in [9.17, 15) is 9.90 Å². The molecule has 0 radical (unpaired) electrons. The molecule has 1 aromatic carbocycles. The third-order valence-corrected chi connectivity index (χ3v) is 3.91. The minimum absolute atomic E-state index is 0.207. The average molecular weight is 293 g/mol. The van der Waals surface area contributed by atoms with E-state index in [2.05, 4.69) is 10.1 Å². The van der Waals surface area contributed by atoms with E-state index in [-0.39, 0.29) is 17.5 Å². The Morgan fingerprint density at radius 3 is 2.82 bits per heavy atom. The molecule has 0 bridgehead atoms. The van der Waals surface area contributed by atoms with E-state index in [1.807, 2.05) is 24.3 Å². The number of Topliss-reactive ketones (excluding diaryl/α,β-unsaturated/α-hetero) is 1. The number of hydrogen-bond acceptors (Lipinski definition) is 4. The van der Waals surface area contributed by atoms with Gasteiger partial charge < -0.3 is 5.11 Å². The Morgan fingerprint density at radius 2 is 2.05 bits per heavy atom. The van der Waals surface area contributed by atoms with Crippen LogP contribution in [0.1, 0.15) is 18.7 Å². The molecule has 0 saturated heterocycles. The van der Waals surface area contributed by atoms with Crippen molar-refractivity contribution in [2.24, 2.45) is 5.92 Å². The molecule has 1 aliphatic carbocycles. The largest absolute Gasteiger partial charge is 0.508 e. The molecule has 0 spiro atoms. The first kappa shape index (κ1) is 13.0. The maximum Gasteiger partial charge on any atom is 0.159 e. The maximum atomic E-state index is 11.9. The van der Waals surface area contributed by atoms with Crippen molar-refractivity contribution in [2.75, 3.05) is 0 Å². The molecule has 1 fully saturated rings. The van der Waals surface area contributed by atoms with Crippen LogP contribution in [0.5, 0.6) is 5.75 Å². The number of ketones is 1. The van der Waals surface area contributed by atoms with Crippen molar-refractivity contribution in [3.05, 3.63) is 48.3 Å². The Bertz CT molecular complexity index is 865. The fourth-order valence-electron chi connectivity index (χ4n) is 2.61. The molecule has 5 nitrogen and oxygen atoms in total. The highest BCUT2D eigenvalue weighted by atomic mass is 16.3. The number of carbonyl (C=O) groups is 1. The molecule has 4 rings (SSSR count). The number of fused-ring (bicyclic) bond motifs is 1. The predicted molar refractivity (Wildman–Crippen MR) is 81.5 cm³/mol. The van der Waals surface area contributed by atoms with Crippen LogP contribution >= 0.6 is 0 Å². The minimum Gasteiger partial charge on any atom is -0.508 e. The second-order valence-corrected chi connectivity index (χ2v) is 5.68. The number of rotatable bonds is 4. The molecule has 110 valence electrons. The second-order valence-electron chi connectivity index (χ2n) is 5.68. The van der Waals surface area contributed by atoms with Crippen LogP contribution in [0.4, 0.5) is 0 Å². The summed E-state index contributed by atoms with van der Waals surface area (Å²) >= 11 is 0. The number of aromatic nitrogens is 3. The van der Waals surface area contributed by atoms with Gasteiger partial charge in [0.2, 0.25) is 0 Å². The van der Waals surface area contributed by atoms with Crippen LogP contribution in [0.25, 0.3) is 16.9 Å². The first-order valence-corrected chi connectivity index (χ1v) is 7.37. The van der Waals surface area contributed by atoms with Gasteiger partial charge in [0, 0.05) is 11.5 Å². The quantitative estimate of drug-likeness (QED) is 0.803. The molecule has 1 aliphatic rings.